The van der Waals surface area contributed by atoms with Gasteiger partial charge in [0, 0.05) is 28.0 Å². The summed E-state index contributed by atoms with van der Waals surface area (Å²) >= 11 is 6.21. The number of methoxy groups -OCH3 is 1. The quantitative estimate of drug-likeness (QED) is 0.422. The summed E-state index contributed by atoms with van der Waals surface area (Å²) in [6.07, 6.45) is 1.42. The number of pyridine rings is 2. The van der Waals surface area contributed by atoms with E-state index in [0.717, 1.165) is 0 Å². The second kappa shape index (κ2) is 8.32. The molecule has 0 fully saturated rings. The fraction of sp³-hybridized carbons (Fsp3) is 0.125. The average Bonchev–Trinajstić information content (AvgIpc) is 2.77. The molecule has 0 bridgehead atoms. The third-order valence-electron chi connectivity index (χ3n) is 5.05. The topological polar surface area (TPSA) is 61.2 Å². The van der Waals surface area contributed by atoms with Crippen LogP contribution >= 0.6 is 11.6 Å². The number of carbonyl (C=O) groups excluding carboxylic acids is 1. The van der Waals surface area contributed by atoms with Crippen molar-refractivity contribution >= 4 is 28.4 Å². The van der Waals surface area contributed by atoms with Crippen LogP contribution in [0.1, 0.15) is 27.2 Å². The lowest BCUT2D eigenvalue weighted by molar-refractivity contribution is 0.103. The van der Waals surface area contributed by atoms with Gasteiger partial charge in [-0.05, 0) is 55.5 Å². The molecule has 31 heavy (non-hydrogen) atoms. The first-order valence-corrected chi connectivity index (χ1v) is 9.89. The molecule has 0 atom stereocenters. The minimum atomic E-state index is -0.477. The molecule has 2 aromatic heterocycles. The van der Waals surface area contributed by atoms with E-state index in [1.807, 2.05) is 0 Å². The first-order valence-electron chi connectivity index (χ1n) is 9.51. The van der Waals surface area contributed by atoms with Crippen LogP contribution in [0, 0.1) is 12.7 Å². The number of rotatable bonds is 5. The number of ketones is 1. The number of ether oxygens (including phenoxy) is 1. The van der Waals surface area contributed by atoms with Crippen molar-refractivity contribution in [1.82, 2.24) is 9.55 Å². The molecule has 0 unspecified atom stereocenters. The van der Waals surface area contributed by atoms with E-state index in [0.29, 0.717) is 22.7 Å². The highest BCUT2D eigenvalue weighted by Crippen LogP contribution is 2.23. The van der Waals surface area contributed by atoms with Gasteiger partial charge in [-0.3, -0.25) is 9.59 Å². The molecule has 5 nitrogen and oxygen atoms in total. The van der Waals surface area contributed by atoms with Crippen LogP contribution in [0.3, 0.4) is 0 Å². The number of hydrogen-bond donors (Lipinski definition) is 0. The molecule has 0 aliphatic heterocycles. The number of carbonyl (C=O) groups is 1. The highest BCUT2D eigenvalue weighted by Gasteiger charge is 2.19. The van der Waals surface area contributed by atoms with Crippen LogP contribution in [0.25, 0.3) is 11.0 Å². The average molecular weight is 437 g/mol. The minimum Gasteiger partial charge on any atom is -0.497 e. The largest absolute Gasteiger partial charge is 0.497 e. The molecule has 7 heteroatoms. The summed E-state index contributed by atoms with van der Waals surface area (Å²) in [7, 11) is 1.53. The number of aryl methyl sites for hydroxylation is 1. The molecule has 2 heterocycles. The Hall–Kier alpha value is -3.51. The molecule has 0 aliphatic carbocycles. The highest BCUT2D eigenvalue weighted by molar-refractivity contribution is 6.31. The Balaban J connectivity index is 1.90. The maximum absolute atomic E-state index is 14.4. The lowest BCUT2D eigenvalue weighted by Gasteiger charge is -2.14. The Morgan fingerprint density at radius 1 is 1.13 bits per heavy atom. The molecular weight excluding hydrogens is 419 g/mol. The van der Waals surface area contributed by atoms with Gasteiger partial charge in [0.1, 0.15) is 17.2 Å². The van der Waals surface area contributed by atoms with Crippen molar-refractivity contribution in [2.75, 3.05) is 7.11 Å². The normalized spacial score (nSPS) is 11.0. The Bertz CT molecular complexity index is 1340. The summed E-state index contributed by atoms with van der Waals surface area (Å²) in [5, 5.41) is 0.528. The van der Waals surface area contributed by atoms with Crippen molar-refractivity contribution < 1.29 is 13.9 Å². The molecule has 0 amide bonds. The fourth-order valence-corrected chi connectivity index (χ4v) is 3.62. The Kier molecular flexibility index (Phi) is 5.57. The van der Waals surface area contributed by atoms with Crippen molar-refractivity contribution in [2.24, 2.45) is 0 Å². The van der Waals surface area contributed by atoms with Crippen LogP contribution in [0.4, 0.5) is 4.39 Å². The third kappa shape index (κ3) is 3.94. The van der Waals surface area contributed by atoms with Gasteiger partial charge in [-0.15, -0.1) is 0 Å². The van der Waals surface area contributed by atoms with E-state index in [4.69, 9.17) is 16.3 Å². The fourth-order valence-electron chi connectivity index (χ4n) is 3.39. The van der Waals surface area contributed by atoms with Gasteiger partial charge >= 0.3 is 0 Å². The van der Waals surface area contributed by atoms with Gasteiger partial charge in [-0.1, -0.05) is 17.7 Å². The minimum absolute atomic E-state index is 0.0155. The van der Waals surface area contributed by atoms with Gasteiger partial charge < -0.3 is 9.30 Å². The number of fused-ring (bicyclic) bond motifs is 1. The Morgan fingerprint density at radius 3 is 2.55 bits per heavy atom. The number of benzene rings is 2. The van der Waals surface area contributed by atoms with Crippen molar-refractivity contribution in [3.63, 3.8) is 0 Å². The SMILES string of the molecule is COc1ccc(C(=O)c2cn(Cc3c(F)cccc3Cl)c3nc(C)ccc3c2=O)cc1. The van der Waals surface area contributed by atoms with Gasteiger partial charge in [0.2, 0.25) is 5.43 Å². The second-order valence-corrected chi connectivity index (χ2v) is 7.49. The van der Waals surface area contributed by atoms with Crippen LogP contribution in [0.2, 0.25) is 5.02 Å². The molecule has 0 saturated carbocycles. The molecule has 156 valence electrons. The number of halogens is 2. The van der Waals surface area contributed by atoms with E-state index < -0.39 is 17.0 Å². The van der Waals surface area contributed by atoms with E-state index in [9.17, 15) is 14.0 Å². The monoisotopic (exact) mass is 436 g/mol. The Morgan fingerprint density at radius 2 is 1.87 bits per heavy atom. The summed E-state index contributed by atoms with van der Waals surface area (Å²) in [4.78, 5) is 30.7. The summed E-state index contributed by atoms with van der Waals surface area (Å²) in [5.74, 6) is -0.320. The summed E-state index contributed by atoms with van der Waals surface area (Å²) in [6.45, 7) is 1.81. The van der Waals surface area contributed by atoms with Crippen LogP contribution in [-0.2, 0) is 6.54 Å². The molecule has 0 N–H and O–H groups in total. The van der Waals surface area contributed by atoms with Gasteiger partial charge in [0.25, 0.3) is 0 Å². The highest BCUT2D eigenvalue weighted by atomic mass is 35.5. The summed E-state index contributed by atoms with van der Waals surface area (Å²) < 4.78 is 21.1. The molecule has 0 saturated heterocycles. The molecular formula is C24H18ClFN2O3. The summed E-state index contributed by atoms with van der Waals surface area (Å²) in [6, 6.07) is 14.2. The maximum Gasteiger partial charge on any atom is 0.202 e. The predicted octanol–water partition coefficient (Wildman–Crippen LogP) is 4.79. The number of hydrogen-bond acceptors (Lipinski definition) is 4. The number of nitrogens with zero attached hydrogens (tertiary/aromatic N) is 2. The molecule has 2 aromatic carbocycles. The van der Waals surface area contributed by atoms with Crippen molar-refractivity contribution in [1.29, 1.82) is 0 Å². The van der Waals surface area contributed by atoms with Crippen molar-refractivity contribution in [2.45, 2.75) is 13.5 Å². The zero-order valence-corrected chi connectivity index (χ0v) is 17.6. The molecule has 4 rings (SSSR count). The standard InChI is InChI=1S/C24H18ClFN2O3/c1-14-6-11-17-23(30)19(22(29)15-7-9-16(31-2)10-8-15)13-28(24(17)27-14)12-18-20(25)4-3-5-21(18)26/h3-11,13H,12H2,1-2H3. The van der Waals surface area contributed by atoms with E-state index in [1.54, 1.807) is 54.0 Å². The van der Waals surface area contributed by atoms with E-state index in [2.05, 4.69) is 4.98 Å². The first-order chi connectivity index (χ1) is 14.9. The predicted molar refractivity (Wildman–Crippen MR) is 118 cm³/mol. The smallest absolute Gasteiger partial charge is 0.202 e. The van der Waals surface area contributed by atoms with Crippen LogP contribution < -0.4 is 10.2 Å². The lowest BCUT2D eigenvalue weighted by atomic mass is 10.0. The molecule has 0 radical (unpaired) electrons. The molecule has 4 aromatic rings. The van der Waals surface area contributed by atoms with E-state index in [-0.39, 0.29) is 28.1 Å². The maximum atomic E-state index is 14.4. The van der Waals surface area contributed by atoms with Crippen LogP contribution in [0.5, 0.6) is 5.75 Å². The van der Waals surface area contributed by atoms with Gasteiger partial charge in [-0.2, -0.15) is 0 Å². The third-order valence-corrected chi connectivity index (χ3v) is 5.40. The van der Waals surface area contributed by atoms with Gasteiger partial charge in [0.15, 0.2) is 5.78 Å². The Labute approximate surface area is 182 Å². The van der Waals surface area contributed by atoms with Crippen LogP contribution in [-0.4, -0.2) is 22.4 Å². The van der Waals surface area contributed by atoms with Gasteiger partial charge in [-0.25, -0.2) is 9.37 Å². The molecule has 0 aliphatic rings. The van der Waals surface area contributed by atoms with E-state index in [1.165, 1.54) is 25.4 Å². The van der Waals surface area contributed by atoms with Crippen LogP contribution in [0.15, 0.2) is 65.6 Å². The lowest BCUT2D eigenvalue weighted by Crippen LogP contribution is -2.21. The zero-order chi connectivity index (χ0) is 22.1. The van der Waals surface area contributed by atoms with Gasteiger partial charge in [0.05, 0.1) is 24.6 Å². The zero-order valence-electron chi connectivity index (χ0n) is 16.9. The van der Waals surface area contributed by atoms with E-state index >= 15 is 0 Å². The molecule has 0 spiro atoms. The second-order valence-electron chi connectivity index (χ2n) is 7.08. The van der Waals surface area contributed by atoms with Crippen molar-refractivity contribution in [3.8, 4) is 5.75 Å². The summed E-state index contributed by atoms with van der Waals surface area (Å²) in [5.41, 5.74) is 1.17. The number of aromatic nitrogens is 2. The first kappa shape index (κ1) is 20.8. The van der Waals surface area contributed by atoms with Crippen molar-refractivity contribution in [3.05, 3.63) is 104 Å².